The zero-order valence-corrected chi connectivity index (χ0v) is 14.6. The normalized spacial score (nSPS) is 22.6. The summed E-state index contributed by atoms with van der Waals surface area (Å²) >= 11 is 0. The first-order chi connectivity index (χ1) is 12.1. The lowest BCUT2D eigenvalue weighted by Gasteiger charge is -2.35. The minimum atomic E-state index is -0.127. The number of hydrogen-bond donors (Lipinski definition) is 1. The molecule has 0 spiro atoms. The summed E-state index contributed by atoms with van der Waals surface area (Å²) in [6.07, 6.45) is 2.24. The molecule has 6 heteroatoms. The van der Waals surface area contributed by atoms with Crippen LogP contribution < -0.4 is 10.1 Å². The number of hydrogen-bond acceptors (Lipinski definition) is 4. The molecular weight excluding hydrogens is 316 g/mol. The third-order valence-corrected chi connectivity index (χ3v) is 5.28. The SMILES string of the molecule is CC1(CNC(=O)c2cc3n(n2)CCO3)CCCN1Cc1ccccc1. The Morgan fingerprint density at radius 2 is 2.16 bits per heavy atom. The van der Waals surface area contributed by atoms with Gasteiger partial charge in [-0.2, -0.15) is 5.10 Å². The third-order valence-electron chi connectivity index (χ3n) is 5.28. The quantitative estimate of drug-likeness (QED) is 0.905. The van der Waals surface area contributed by atoms with Crippen LogP contribution in [0.1, 0.15) is 35.8 Å². The number of carbonyl (C=O) groups is 1. The lowest BCUT2D eigenvalue weighted by molar-refractivity contribution is 0.0891. The Hall–Kier alpha value is -2.34. The van der Waals surface area contributed by atoms with E-state index >= 15 is 0 Å². The van der Waals surface area contributed by atoms with Gasteiger partial charge in [-0.05, 0) is 31.9 Å². The first-order valence-electron chi connectivity index (χ1n) is 8.92. The van der Waals surface area contributed by atoms with Gasteiger partial charge in [-0.15, -0.1) is 0 Å². The Bertz CT molecular complexity index is 737. The number of likely N-dealkylation sites (tertiary alicyclic amines) is 1. The molecule has 1 unspecified atom stereocenters. The summed E-state index contributed by atoms with van der Waals surface area (Å²) in [4.78, 5) is 14.9. The third kappa shape index (κ3) is 3.26. The number of rotatable bonds is 5. The summed E-state index contributed by atoms with van der Waals surface area (Å²) in [7, 11) is 0. The minimum Gasteiger partial charge on any atom is -0.476 e. The van der Waals surface area contributed by atoms with Gasteiger partial charge >= 0.3 is 0 Å². The molecule has 0 radical (unpaired) electrons. The Balaban J connectivity index is 1.39. The molecule has 1 saturated heterocycles. The van der Waals surface area contributed by atoms with Gasteiger partial charge in [0.05, 0.1) is 6.54 Å². The maximum absolute atomic E-state index is 12.5. The van der Waals surface area contributed by atoms with E-state index < -0.39 is 0 Å². The highest BCUT2D eigenvalue weighted by Gasteiger charge is 2.36. The lowest BCUT2D eigenvalue weighted by Crippen LogP contribution is -2.49. The van der Waals surface area contributed by atoms with Gasteiger partial charge in [0, 0.05) is 24.7 Å². The molecule has 1 atom stereocenters. The monoisotopic (exact) mass is 340 g/mol. The van der Waals surface area contributed by atoms with Crippen molar-refractivity contribution in [2.75, 3.05) is 19.7 Å². The molecule has 0 aliphatic carbocycles. The van der Waals surface area contributed by atoms with Crippen molar-refractivity contribution in [1.82, 2.24) is 20.0 Å². The number of benzene rings is 1. The second-order valence-corrected chi connectivity index (χ2v) is 7.13. The molecule has 0 saturated carbocycles. The van der Waals surface area contributed by atoms with Crippen molar-refractivity contribution < 1.29 is 9.53 Å². The van der Waals surface area contributed by atoms with Crippen molar-refractivity contribution in [3.8, 4) is 5.88 Å². The molecule has 25 heavy (non-hydrogen) atoms. The maximum Gasteiger partial charge on any atom is 0.271 e. The summed E-state index contributed by atoms with van der Waals surface area (Å²) in [6, 6.07) is 12.2. The van der Waals surface area contributed by atoms with Crippen LogP contribution in [0, 0.1) is 0 Å². The predicted octanol–water partition coefficient (Wildman–Crippen LogP) is 2.06. The van der Waals surface area contributed by atoms with Crippen molar-refractivity contribution in [2.45, 2.75) is 38.4 Å². The standard InChI is InChI=1S/C19H24N4O2/c1-19(8-5-9-22(19)13-15-6-3-2-4-7-15)14-20-18(24)16-12-17-23(21-16)10-11-25-17/h2-4,6-7,12H,5,8-11,13-14H2,1H3,(H,20,24). The van der Waals surface area contributed by atoms with Crippen LogP contribution in [0.15, 0.2) is 36.4 Å². The lowest BCUT2D eigenvalue weighted by atomic mass is 9.98. The number of nitrogens with one attached hydrogen (secondary N) is 1. The van der Waals surface area contributed by atoms with Crippen LogP contribution in [0.2, 0.25) is 0 Å². The van der Waals surface area contributed by atoms with E-state index in [4.69, 9.17) is 4.74 Å². The average molecular weight is 340 g/mol. The summed E-state index contributed by atoms with van der Waals surface area (Å²) < 4.78 is 7.17. The average Bonchev–Trinajstić information content (AvgIpc) is 3.30. The fraction of sp³-hybridized carbons (Fsp3) is 0.474. The molecule has 2 aliphatic heterocycles. The van der Waals surface area contributed by atoms with Gasteiger partial charge in [-0.3, -0.25) is 9.69 Å². The molecule has 2 aromatic rings. The minimum absolute atomic E-state index is 0.0233. The molecular formula is C19H24N4O2. The topological polar surface area (TPSA) is 59.4 Å². The van der Waals surface area contributed by atoms with Crippen molar-refractivity contribution in [3.63, 3.8) is 0 Å². The van der Waals surface area contributed by atoms with Gasteiger partial charge < -0.3 is 10.1 Å². The van der Waals surface area contributed by atoms with E-state index in [-0.39, 0.29) is 11.4 Å². The molecule has 1 fully saturated rings. The molecule has 1 amide bonds. The molecule has 3 heterocycles. The van der Waals surface area contributed by atoms with Crippen LogP contribution >= 0.6 is 0 Å². The number of ether oxygens (including phenoxy) is 1. The van der Waals surface area contributed by atoms with Crippen LogP contribution in [-0.2, 0) is 13.1 Å². The largest absolute Gasteiger partial charge is 0.476 e. The van der Waals surface area contributed by atoms with Crippen molar-refractivity contribution in [3.05, 3.63) is 47.7 Å². The van der Waals surface area contributed by atoms with E-state index in [0.717, 1.165) is 25.9 Å². The predicted molar refractivity (Wildman–Crippen MR) is 94.5 cm³/mol. The highest BCUT2D eigenvalue weighted by atomic mass is 16.5. The molecule has 1 N–H and O–H groups in total. The van der Waals surface area contributed by atoms with Gasteiger partial charge in [0.1, 0.15) is 6.61 Å². The highest BCUT2D eigenvalue weighted by molar-refractivity contribution is 5.92. The van der Waals surface area contributed by atoms with Crippen molar-refractivity contribution >= 4 is 5.91 Å². The maximum atomic E-state index is 12.5. The van der Waals surface area contributed by atoms with Crippen LogP contribution in [0.4, 0.5) is 0 Å². The van der Waals surface area contributed by atoms with E-state index in [1.807, 2.05) is 6.07 Å². The zero-order chi connectivity index (χ0) is 17.3. The number of fused-ring (bicyclic) bond motifs is 1. The van der Waals surface area contributed by atoms with Gasteiger partial charge in [0.25, 0.3) is 5.91 Å². The number of carbonyl (C=O) groups excluding carboxylic acids is 1. The van der Waals surface area contributed by atoms with E-state index in [1.165, 1.54) is 5.56 Å². The summed E-state index contributed by atoms with van der Waals surface area (Å²) in [5.41, 5.74) is 1.72. The Morgan fingerprint density at radius 3 is 2.96 bits per heavy atom. The Labute approximate surface area is 147 Å². The summed E-state index contributed by atoms with van der Waals surface area (Å²) in [5.74, 6) is 0.557. The second-order valence-electron chi connectivity index (χ2n) is 7.13. The highest BCUT2D eigenvalue weighted by Crippen LogP contribution is 2.30. The Morgan fingerprint density at radius 1 is 1.32 bits per heavy atom. The molecule has 2 aliphatic rings. The van der Waals surface area contributed by atoms with E-state index in [2.05, 4.69) is 46.5 Å². The van der Waals surface area contributed by atoms with E-state index in [1.54, 1.807) is 10.7 Å². The van der Waals surface area contributed by atoms with Crippen molar-refractivity contribution in [1.29, 1.82) is 0 Å². The fourth-order valence-corrected chi connectivity index (χ4v) is 3.74. The molecule has 132 valence electrons. The van der Waals surface area contributed by atoms with Crippen molar-refractivity contribution in [2.24, 2.45) is 0 Å². The second kappa shape index (κ2) is 6.52. The number of amides is 1. The van der Waals surface area contributed by atoms with Crippen LogP contribution in [0.3, 0.4) is 0 Å². The smallest absolute Gasteiger partial charge is 0.271 e. The van der Waals surface area contributed by atoms with Crippen LogP contribution in [0.25, 0.3) is 0 Å². The first kappa shape index (κ1) is 16.1. The number of aromatic nitrogens is 2. The van der Waals surface area contributed by atoms with Crippen LogP contribution in [-0.4, -0.2) is 45.8 Å². The number of nitrogens with zero attached hydrogens (tertiary/aromatic N) is 3. The first-order valence-corrected chi connectivity index (χ1v) is 8.92. The van der Waals surface area contributed by atoms with Gasteiger partial charge in [-0.1, -0.05) is 30.3 Å². The van der Waals surface area contributed by atoms with E-state index in [9.17, 15) is 4.79 Å². The molecule has 0 bridgehead atoms. The molecule has 1 aromatic heterocycles. The summed E-state index contributed by atoms with van der Waals surface area (Å²) in [6.45, 7) is 6.19. The molecule has 1 aromatic carbocycles. The van der Waals surface area contributed by atoms with Gasteiger partial charge in [-0.25, -0.2) is 4.68 Å². The van der Waals surface area contributed by atoms with E-state index in [0.29, 0.717) is 31.3 Å². The van der Waals surface area contributed by atoms with Crippen LogP contribution in [0.5, 0.6) is 5.88 Å². The zero-order valence-electron chi connectivity index (χ0n) is 14.6. The fourth-order valence-electron chi connectivity index (χ4n) is 3.74. The van der Waals surface area contributed by atoms with Gasteiger partial charge in [0.15, 0.2) is 5.69 Å². The Kier molecular flexibility index (Phi) is 4.21. The molecule has 6 nitrogen and oxygen atoms in total. The van der Waals surface area contributed by atoms with Gasteiger partial charge in [0.2, 0.25) is 5.88 Å². The summed E-state index contributed by atoms with van der Waals surface area (Å²) in [5, 5.41) is 7.39. The molecule has 4 rings (SSSR count).